The molecule has 1 amide bonds. The molecule has 1 saturated heterocycles. The number of rotatable bonds is 6. The van der Waals surface area contributed by atoms with Gasteiger partial charge in [-0.15, -0.1) is 0 Å². The molecule has 10 nitrogen and oxygen atoms in total. The number of hydrogen-bond donors (Lipinski definition) is 1. The Bertz CT molecular complexity index is 1850. The summed E-state index contributed by atoms with van der Waals surface area (Å²) in [4.78, 5) is 49.4. The lowest BCUT2D eigenvalue weighted by atomic mass is 10.1. The van der Waals surface area contributed by atoms with E-state index < -0.39 is 11.5 Å². The van der Waals surface area contributed by atoms with Gasteiger partial charge in [0, 0.05) is 42.7 Å². The Morgan fingerprint density at radius 2 is 1.75 bits per heavy atom. The zero-order valence-corrected chi connectivity index (χ0v) is 25.3. The number of amides is 1. The summed E-state index contributed by atoms with van der Waals surface area (Å²) in [7, 11) is 0. The Hall–Kier alpha value is -4.38. The molecule has 0 spiro atoms. The molecule has 3 aromatic heterocycles. The number of carbonyl (C=O) groups is 1. The van der Waals surface area contributed by atoms with E-state index in [-0.39, 0.29) is 57.4 Å². The van der Waals surface area contributed by atoms with Gasteiger partial charge in [-0.1, -0.05) is 24.2 Å². The molecule has 4 aromatic rings. The minimum Gasteiger partial charge on any atom is -0.398 e. The van der Waals surface area contributed by atoms with Crippen LogP contribution in [0.4, 0.5) is 15.9 Å². The van der Waals surface area contributed by atoms with E-state index in [1.54, 1.807) is 23.4 Å². The van der Waals surface area contributed by atoms with Crippen LogP contribution in [0.3, 0.4) is 0 Å². The molecule has 4 heterocycles. The van der Waals surface area contributed by atoms with Crippen LogP contribution in [0, 0.1) is 5.82 Å². The van der Waals surface area contributed by atoms with Crippen molar-refractivity contribution in [3.05, 3.63) is 76.0 Å². The molecule has 0 radical (unpaired) electrons. The number of nitrogen functional groups attached to an aromatic ring is 1. The lowest BCUT2D eigenvalue weighted by Crippen LogP contribution is -2.58. The molecule has 3 aliphatic rings. The average Bonchev–Trinajstić information content (AvgIpc) is 3.92. The zero-order chi connectivity index (χ0) is 30.9. The quantitative estimate of drug-likeness (QED) is 0.238. The molecular formula is C32H32ClFN8O2. The molecule has 2 saturated carbocycles. The third kappa shape index (κ3) is 4.70. The summed E-state index contributed by atoms with van der Waals surface area (Å²) < 4.78 is 16.7. The number of carbonyl (C=O) groups excluding carboxylic acids is 1. The number of nitrogens with two attached hydrogens (primary N) is 1. The Labute approximate surface area is 258 Å². The maximum Gasteiger partial charge on any atom is 0.355 e. The predicted molar refractivity (Wildman–Crippen MR) is 168 cm³/mol. The molecule has 226 valence electrons. The fraction of sp³-hybridized carbons (Fsp3) is 0.375. The predicted octanol–water partition coefficient (Wildman–Crippen LogP) is 4.98. The van der Waals surface area contributed by atoms with Crippen LogP contribution in [-0.4, -0.2) is 60.5 Å². The summed E-state index contributed by atoms with van der Waals surface area (Å²) in [5.74, 6) is 0.0765. The fourth-order valence-corrected chi connectivity index (χ4v) is 6.53. The molecule has 0 bridgehead atoms. The second kappa shape index (κ2) is 10.7. The van der Waals surface area contributed by atoms with Crippen molar-refractivity contribution in [2.45, 2.75) is 63.5 Å². The topological polar surface area (TPSA) is 123 Å². The van der Waals surface area contributed by atoms with E-state index in [4.69, 9.17) is 22.3 Å². The lowest BCUT2D eigenvalue weighted by Gasteiger charge is -2.44. The number of benzene rings is 1. The van der Waals surface area contributed by atoms with Crippen LogP contribution in [0.2, 0.25) is 5.02 Å². The molecule has 2 N–H and O–H groups in total. The third-order valence-electron chi connectivity index (χ3n) is 8.83. The van der Waals surface area contributed by atoms with E-state index in [1.807, 2.05) is 18.7 Å². The maximum absolute atomic E-state index is 15.2. The normalized spacial score (nSPS) is 20.3. The van der Waals surface area contributed by atoms with Crippen LogP contribution in [-0.2, 0) is 4.79 Å². The van der Waals surface area contributed by atoms with E-state index in [1.165, 1.54) is 22.8 Å². The summed E-state index contributed by atoms with van der Waals surface area (Å²) >= 11 is 6.86. The van der Waals surface area contributed by atoms with Gasteiger partial charge in [-0.2, -0.15) is 4.98 Å². The SMILES string of the molecule is C=CC(=O)N1C[C@H](C)N(c2nc(=O)n(-c3c(C4CC4)ncnc3C3CC3)c3nc(-c4c(N)cccc4F)c(Cl)cc23)C[C@H]1C. The highest BCUT2D eigenvalue weighted by Crippen LogP contribution is 2.48. The fourth-order valence-electron chi connectivity index (χ4n) is 6.28. The molecular weight excluding hydrogens is 583 g/mol. The first kappa shape index (κ1) is 28.4. The molecule has 7 rings (SSSR count). The first-order valence-corrected chi connectivity index (χ1v) is 15.3. The van der Waals surface area contributed by atoms with Crippen LogP contribution in [0.15, 0.2) is 48.0 Å². The monoisotopic (exact) mass is 614 g/mol. The number of piperazine rings is 1. The molecule has 1 aromatic carbocycles. The van der Waals surface area contributed by atoms with Gasteiger partial charge in [-0.05, 0) is 63.8 Å². The van der Waals surface area contributed by atoms with Crippen LogP contribution in [0.25, 0.3) is 28.0 Å². The van der Waals surface area contributed by atoms with Crippen molar-refractivity contribution in [2.75, 3.05) is 23.7 Å². The third-order valence-corrected chi connectivity index (χ3v) is 9.12. The number of anilines is 2. The molecule has 1 aliphatic heterocycles. The number of nitrogens with zero attached hydrogens (tertiary/aromatic N) is 7. The highest BCUT2D eigenvalue weighted by atomic mass is 35.5. The second-order valence-electron chi connectivity index (χ2n) is 12.0. The van der Waals surface area contributed by atoms with Gasteiger partial charge in [-0.3, -0.25) is 4.79 Å². The smallest absolute Gasteiger partial charge is 0.355 e. The van der Waals surface area contributed by atoms with Crippen molar-refractivity contribution in [1.82, 2.24) is 29.4 Å². The van der Waals surface area contributed by atoms with Crippen LogP contribution in [0.5, 0.6) is 0 Å². The highest BCUT2D eigenvalue weighted by molar-refractivity contribution is 6.34. The Morgan fingerprint density at radius 1 is 1.07 bits per heavy atom. The molecule has 3 fully saturated rings. The summed E-state index contributed by atoms with van der Waals surface area (Å²) in [6.45, 7) is 8.38. The summed E-state index contributed by atoms with van der Waals surface area (Å²) in [5, 5.41) is 0.682. The summed E-state index contributed by atoms with van der Waals surface area (Å²) in [5.41, 5.74) is 8.51. The van der Waals surface area contributed by atoms with Crippen molar-refractivity contribution in [1.29, 1.82) is 0 Å². The van der Waals surface area contributed by atoms with Crippen molar-refractivity contribution in [3.8, 4) is 16.9 Å². The molecule has 44 heavy (non-hydrogen) atoms. The average molecular weight is 615 g/mol. The summed E-state index contributed by atoms with van der Waals surface area (Å²) in [6, 6.07) is 5.71. The van der Waals surface area contributed by atoms with Crippen molar-refractivity contribution in [3.63, 3.8) is 0 Å². The zero-order valence-electron chi connectivity index (χ0n) is 24.5. The molecule has 2 aliphatic carbocycles. The molecule has 12 heteroatoms. The van der Waals surface area contributed by atoms with Gasteiger partial charge < -0.3 is 15.5 Å². The number of halogens is 2. The van der Waals surface area contributed by atoms with Crippen LogP contribution < -0.4 is 16.3 Å². The van der Waals surface area contributed by atoms with Gasteiger partial charge >= 0.3 is 5.69 Å². The lowest BCUT2D eigenvalue weighted by molar-refractivity contribution is -0.128. The van der Waals surface area contributed by atoms with Gasteiger partial charge in [0.25, 0.3) is 0 Å². The van der Waals surface area contributed by atoms with E-state index in [9.17, 15) is 9.59 Å². The van der Waals surface area contributed by atoms with Gasteiger partial charge in [0.1, 0.15) is 18.0 Å². The molecule has 2 atom stereocenters. The largest absolute Gasteiger partial charge is 0.398 e. The van der Waals surface area contributed by atoms with E-state index in [0.29, 0.717) is 30.0 Å². The summed E-state index contributed by atoms with van der Waals surface area (Å²) in [6.07, 6.45) is 6.74. The second-order valence-corrected chi connectivity index (χ2v) is 12.4. The van der Waals surface area contributed by atoms with Crippen LogP contribution >= 0.6 is 11.6 Å². The maximum atomic E-state index is 15.2. The van der Waals surface area contributed by atoms with Crippen molar-refractivity contribution >= 4 is 40.0 Å². The molecule has 0 unspecified atom stereocenters. The van der Waals surface area contributed by atoms with Gasteiger partial charge in [-0.25, -0.2) is 28.7 Å². The van der Waals surface area contributed by atoms with Gasteiger partial charge in [0.05, 0.1) is 38.7 Å². The van der Waals surface area contributed by atoms with Gasteiger partial charge in [0.15, 0.2) is 5.65 Å². The number of aromatic nitrogens is 5. The Balaban J connectivity index is 1.51. The standard InChI is InChI=1S/C32H32ClFN8O2/c1-4-24(43)40-13-17(3)41(14-16(40)2)30-20-12-21(33)28(25-22(34)6-5-7-23(25)35)38-31(20)42(32(44)39-30)29-26(18-8-9-18)36-15-37-27(29)19-10-11-19/h4-7,12,15-19H,1,8-11,13-14,35H2,2-3H3/t16-,17+/m1/s1. The number of pyridine rings is 1. The number of hydrogen-bond acceptors (Lipinski definition) is 8. The van der Waals surface area contributed by atoms with E-state index >= 15 is 4.39 Å². The van der Waals surface area contributed by atoms with E-state index in [2.05, 4.69) is 21.5 Å². The Morgan fingerprint density at radius 3 is 2.36 bits per heavy atom. The number of fused-ring (bicyclic) bond motifs is 1. The Kier molecular flexibility index (Phi) is 6.88. The van der Waals surface area contributed by atoms with Crippen LogP contribution in [0.1, 0.15) is 62.8 Å². The minimum atomic E-state index is -0.576. The van der Waals surface area contributed by atoms with Crippen molar-refractivity contribution in [2.24, 2.45) is 0 Å². The minimum absolute atomic E-state index is 0.0597. The van der Waals surface area contributed by atoms with Crippen molar-refractivity contribution < 1.29 is 9.18 Å². The van der Waals surface area contributed by atoms with Gasteiger partial charge in [0.2, 0.25) is 5.91 Å². The van der Waals surface area contributed by atoms with E-state index in [0.717, 1.165) is 37.1 Å². The first-order chi connectivity index (χ1) is 21.2. The highest BCUT2D eigenvalue weighted by Gasteiger charge is 2.38. The first-order valence-electron chi connectivity index (χ1n) is 14.9.